The van der Waals surface area contributed by atoms with Crippen molar-refractivity contribution in [2.45, 2.75) is 26.2 Å². The lowest BCUT2D eigenvalue weighted by atomic mass is 9.74. The summed E-state index contributed by atoms with van der Waals surface area (Å²) in [6.07, 6.45) is 0. The number of phenols is 3. The van der Waals surface area contributed by atoms with Gasteiger partial charge in [-0.05, 0) is 23.1 Å². The molecule has 0 amide bonds. The van der Waals surface area contributed by atoms with Gasteiger partial charge in [0.1, 0.15) is 5.75 Å². The van der Waals surface area contributed by atoms with Crippen molar-refractivity contribution in [3.8, 4) is 17.2 Å². The van der Waals surface area contributed by atoms with E-state index >= 15 is 0 Å². The average molecular weight is 312 g/mol. The topological polar surface area (TPSA) is 94.8 Å². The molecule has 0 saturated heterocycles. The zero-order valence-corrected chi connectivity index (χ0v) is 13.0. The second-order valence-electron chi connectivity index (χ2n) is 6.65. The second-order valence-corrected chi connectivity index (χ2v) is 6.65. The first-order valence-electron chi connectivity index (χ1n) is 7.15. The van der Waals surface area contributed by atoms with Gasteiger partial charge < -0.3 is 15.3 Å². The minimum atomic E-state index is -0.674. The first-order chi connectivity index (χ1) is 10.6. The minimum absolute atomic E-state index is 0.0795. The van der Waals surface area contributed by atoms with Crippen LogP contribution >= 0.6 is 0 Å². The first kappa shape index (κ1) is 15.1. The van der Waals surface area contributed by atoms with Crippen LogP contribution in [0, 0.1) is 0 Å². The van der Waals surface area contributed by atoms with E-state index in [0.29, 0.717) is 5.56 Å². The SMILES string of the molecule is CC(C)(C)c1cc(O)c(O)c2c1C(=O)c1cccc(O)c1C2=O. The van der Waals surface area contributed by atoms with E-state index in [-0.39, 0.29) is 28.0 Å². The van der Waals surface area contributed by atoms with Gasteiger partial charge in [-0.15, -0.1) is 0 Å². The van der Waals surface area contributed by atoms with Crippen LogP contribution in [0.5, 0.6) is 17.2 Å². The summed E-state index contributed by atoms with van der Waals surface area (Å²) in [5.74, 6) is -2.56. The normalized spacial score (nSPS) is 13.7. The van der Waals surface area contributed by atoms with Gasteiger partial charge in [-0.1, -0.05) is 32.9 Å². The lowest BCUT2D eigenvalue weighted by molar-refractivity contribution is 0.0972. The first-order valence-corrected chi connectivity index (χ1v) is 7.15. The predicted octanol–water partition coefficient (Wildman–Crippen LogP) is 2.88. The Hall–Kier alpha value is -2.82. The van der Waals surface area contributed by atoms with Crippen LogP contribution in [-0.2, 0) is 5.41 Å². The van der Waals surface area contributed by atoms with Crippen molar-refractivity contribution in [2.75, 3.05) is 0 Å². The molecule has 1 aliphatic carbocycles. The highest BCUT2D eigenvalue weighted by atomic mass is 16.3. The molecular weight excluding hydrogens is 296 g/mol. The quantitative estimate of drug-likeness (QED) is 0.555. The van der Waals surface area contributed by atoms with Crippen molar-refractivity contribution in [1.29, 1.82) is 0 Å². The van der Waals surface area contributed by atoms with Crippen LogP contribution in [0.3, 0.4) is 0 Å². The van der Waals surface area contributed by atoms with Crippen LogP contribution in [0.4, 0.5) is 0 Å². The number of carbonyl (C=O) groups is 2. The lowest BCUT2D eigenvalue weighted by Gasteiger charge is -2.28. The van der Waals surface area contributed by atoms with Crippen LogP contribution < -0.4 is 0 Å². The van der Waals surface area contributed by atoms with Gasteiger partial charge in [0.05, 0.1) is 11.1 Å². The summed E-state index contributed by atoms with van der Waals surface area (Å²) in [7, 11) is 0. The molecule has 0 aromatic heterocycles. The molecule has 1 aliphatic rings. The maximum absolute atomic E-state index is 12.9. The zero-order valence-electron chi connectivity index (χ0n) is 13.0. The van der Waals surface area contributed by atoms with E-state index in [2.05, 4.69) is 0 Å². The molecule has 0 atom stereocenters. The van der Waals surface area contributed by atoms with Crippen LogP contribution in [0.15, 0.2) is 24.3 Å². The third-order valence-corrected chi connectivity index (χ3v) is 4.06. The molecule has 0 unspecified atom stereocenters. The summed E-state index contributed by atoms with van der Waals surface area (Å²) >= 11 is 0. The molecule has 0 saturated carbocycles. The van der Waals surface area contributed by atoms with Crippen LogP contribution in [0.25, 0.3) is 0 Å². The van der Waals surface area contributed by atoms with Gasteiger partial charge in [0, 0.05) is 11.1 Å². The molecule has 118 valence electrons. The van der Waals surface area contributed by atoms with Gasteiger partial charge in [-0.2, -0.15) is 0 Å². The smallest absolute Gasteiger partial charge is 0.202 e. The average Bonchev–Trinajstić information content (AvgIpc) is 2.45. The highest BCUT2D eigenvalue weighted by molar-refractivity contribution is 6.31. The van der Waals surface area contributed by atoms with Gasteiger partial charge in [-0.3, -0.25) is 9.59 Å². The standard InChI is InChI=1S/C18H16O5/c1-18(2,3)9-7-11(20)16(22)14-13(9)15(21)8-5-4-6-10(19)12(8)17(14)23/h4-7,19-20,22H,1-3H3. The summed E-state index contributed by atoms with van der Waals surface area (Å²) < 4.78 is 0. The monoisotopic (exact) mass is 312 g/mol. The lowest BCUT2D eigenvalue weighted by Crippen LogP contribution is -2.26. The Bertz CT molecular complexity index is 872. The van der Waals surface area contributed by atoms with E-state index in [1.807, 2.05) is 20.8 Å². The fraction of sp³-hybridized carbons (Fsp3) is 0.222. The number of hydrogen-bond donors (Lipinski definition) is 3. The molecule has 5 nitrogen and oxygen atoms in total. The number of hydrogen-bond acceptors (Lipinski definition) is 5. The maximum atomic E-state index is 12.9. The summed E-state index contributed by atoms with van der Waals surface area (Å²) in [4.78, 5) is 25.6. The summed E-state index contributed by atoms with van der Waals surface area (Å²) in [5, 5.41) is 30.0. The number of rotatable bonds is 0. The maximum Gasteiger partial charge on any atom is 0.202 e. The highest BCUT2D eigenvalue weighted by Gasteiger charge is 2.39. The van der Waals surface area contributed by atoms with E-state index in [1.165, 1.54) is 24.3 Å². The molecule has 2 aromatic rings. The minimum Gasteiger partial charge on any atom is -0.507 e. The van der Waals surface area contributed by atoms with Gasteiger partial charge in [0.15, 0.2) is 17.3 Å². The highest BCUT2D eigenvalue weighted by Crippen LogP contribution is 2.44. The van der Waals surface area contributed by atoms with Crippen LogP contribution in [0.2, 0.25) is 0 Å². The van der Waals surface area contributed by atoms with Gasteiger partial charge in [0.2, 0.25) is 5.78 Å². The molecule has 23 heavy (non-hydrogen) atoms. The molecule has 0 fully saturated rings. The Balaban J connectivity index is 2.46. The summed E-state index contributed by atoms with van der Waals surface area (Å²) in [6, 6.07) is 5.57. The Kier molecular flexibility index (Phi) is 3.01. The van der Waals surface area contributed by atoms with Crippen LogP contribution in [-0.4, -0.2) is 26.9 Å². The Labute approximate surface area is 132 Å². The number of aromatic hydroxyl groups is 3. The van der Waals surface area contributed by atoms with E-state index in [4.69, 9.17) is 0 Å². The van der Waals surface area contributed by atoms with Crippen molar-refractivity contribution < 1.29 is 24.9 Å². The third-order valence-electron chi connectivity index (χ3n) is 4.06. The number of benzene rings is 2. The Morgan fingerprint density at radius 2 is 1.48 bits per heavy atom. The molecule has 0 aliphatic heterocycles. The molecule has 0 bridgehead atoms. The number of fused-ring (bicyclic) bond motifs is 2. The molecule has 2 aromatic carbocycles. The molecule has 3 rings (SSSR count). The number of phenolic OH excluding ortho intramolecular Hbond substituents is 3. The summed E-state index contributed by atoms with van der Waals surface area (Å²) in [6.45, 7) is 5.53. The molecule has 0 heterocycles. The van der Waals surface area contributed by atoms with E-state index < -0.39 is 28.5 Å². The Morgan fingerprint density at radius 1 is 0.826 bits per heavy atom. The molecule has 5 heteroatoms. The number of carbonyl (C=O) groups excluding carboxylic acids is 2. The van der Waals surface area contributed by atoms with Crippen LogP contribution in [0.1, 0.15) is 58.2 Å². The van der Waals surface area contributed by atoms with E-state index in [1.54, 1.807) is 0 Å². The molecular formula is C18H16O5. The molecule has 0 radical (unpaired) electrons. The summed E-state index contributed by atoms with van der Waals surface area (Å²) in [5.41, 5.74) is -0.289. The third kappa shape index (κ3) is 2.00. The van der Waals surface area contributed by atoms with Gasteiger partial charge >= 0.3 is 0 Å². The van der Waals surface area contributed by atoms with Crippen molar-refractivity contribution in [3.05, 3.63) is 52.1 Å². The largest absolute Gasteiger partial charge is 0.507 e. The van der Waals surface area contributed by atoms with Gasteiger partial charge in [0.25, 0.3) is 0 Å². The van der Waals surface area contributed by atoms with E-state index in [0.717, 1.165) is 0 Å². The van der Waals surface area contributed by atoms with Crippen molar-refractivity contribution in [2.24, 2.45) is 0 Å². The van der Waals surface area contributed by atoms with Gasteiger partial charge in [-0.25, -0.2) is 0 Å². The number of ketones is 2. The van der Waals surface area contributed by atoms with Crippen molar-refractivity contribution >= 4 is 11.6 Å². The Morgan fingerprint density at radius 3 is 2.09 bits per heavy atom. The predicted molar refractivity (Wildman–Crippen MR) is 83.4 cm³/mol. The fourth-order valence-corrected chi connectivity index (χ4v) is 2.93. The molecule has 3 N–H and O–H groups in total. The zero-order chi connectivity index (χ0) is 17.1. The second kappa shape index (κ2) is 4.59. The molecule has 0 spiro atoms. The van der Waals surface area contributed by atoms with Crippen molar-refractivity contribution in [3.63, 3.8) is 0 Å². The fourth-order valence-electron chi connectivity index (χ4n) is 2.93. The van der Waals surface area contributed by atoms with E-state index in [9.17, 15) is 24.9 Å². The van der Waals surface area contributed by atoms with Crippen molar-refractivity contribution in [1.82, 2.24) is 0 Å².